The monoisotopic (exact) mass is 202 g/mol. The van der Waals surface area contributed by atoms with Crippen LogP contribution in [0.4, 0.5) is 0 Å². The predicted octanol–water partition coefficient (Wildman–Crippen LogP) is 2.73. The highest BCUT2D eigenvalue weighted by molar-refractivity contribution is 4.84. The fourth-order valence-electron chi connectivity index (χ4n) is 2.03. The van der Waals surface area contributed by atoms with Gasteiger partial charge in [0.15, 0.2) is 0 Å². The van der Waals surface area contributed by atoms with Crippen molar-refractivity contribution in [2.75, 3.05) is 6.61 Å². The first-order chi connectivity index (χ1) is 6.64. The van der Waals surface area contributed by atoms with E-state index in [1.165, 1.54) is 12.8 Å². The molecule has 0 fully saturated rings. The Morgan fingerprint density at radius 1 is 1.14 bits per heavy atom. The lowest BCUT2D eigenvalue weighted by Gasteiger charge is -2.34. The average Bonchev–Trinajstić information content (AvgIpc) is 2.20. The molecule has 2 N–H and O–H groups in total. The third kappa shape index (κ3) is 3.97. The Hall–Kier alpha value is -0.0800. The molecule has 2 unspecified atom stereocenters. The highest BCUT2D eigenvalue weighted by Crippen LogP contribution is 2.29. The van der Waals surface area contributed by atoms with Gasteiger partial charge in [0.05, 0.1) is 5.60 Å². The molecule has 0 radical (unpaired) electrons. The minimum Gasteiger partial charge on any atom is -0.396 e. The second-order valence-electron chi connectivity index (χ2n) is 4.20. The molecule has 2 nitrogen and oxygen atoms in total. The summed E-state index contributed by atoms with van der Waals surface area (Å²) in [4.78, 5) is 0. The number of hydrogen-bond donors (Lipinski definition) is 2. The van der Waals surface area contributed by atoms with Crippen molar-refractivity contribution in [2.45, 2.75) is 64.9 Å². The van der Waals surface area contributed by atoms with Crippen LogP contribution in [0.3, 0.4) is 0 Å². The summed E-state index contributed by atoms with van der Waals surface area (Å²) in [6.45, 7) is 6.30. The molecule has 14 heavy (non-hydrogen) atoms. The molecule has 0 aromatic rings. The van der Waals surface area contributed by atoms with Gasteiger partial charge in [-0.1, -0.05) is 40.0 Å². The zero-order valence-corrected chi connectivity index (χ0v) is 9.92. The molecule has 0 amide bonds. The Morgan fingerprint density at radius 2 is 1.79 bits per heavy atom. The summed E-state index contributed by atoms with van der Waals surface area (Å²) in [6.07, 6.45) is 5.84. The first kappa shape index (κ1) is 13.9. The maximum absolute atomic E-state index is 10.3. The van der Waals surface area contributed by atoms with Crippen LogP contribution in [0.5, 0.6) is 0 Å². The molecule has 0 saturated heterocycles. The van der Waals surface area contributed by atoms with E-state index in [1.54, 1.807) is 0 Å². The predicted molar refractivity (Wildman–Crippen MR) is 60.2 cm³/mol. The largest absolute Gasteiger partial charge is 0.396 e. The van der Waals surface area contributed by atoms with Crippen LogP contribution < -0.4 is 0 Å². The quantitative estimate of drug-likeness (QED) is 0.594. The van der Waals surface area contributed by atoms with Crippen molar-refractivity contribution >= 4 is 0 Å². The van der Waals surface area contributed by atoms with E-state index in [1.807, 2.05) is 13.8 Å². The molecule has 0 saturated carbocycles. The summed E-state index contributed by atoms with van der Waals surface area (Å²) in [6, 6.07) is 0. The number of unbranched alkanes of at least 4 members (excludes halogenated alkanes) is 2. The lowest BCUT2D eigenvalue weighted by molar-refractivity contribution is -0.0523. The van der Waals surface area contributed by atoms with Crippen molar-refractivity contribution in [3.63, 3.8) is 0 Å². The molecule has 0 aromatic carbocycles. The summed E-state index contributed by atoms with van der Waals surface area (Å²) < 4.78 is 0. The van der Waals surface area contributed by atoms with E-state index < -0.39 is 5.60 Å². The lowest BCUT2D eigenvalue weighted by atomic mass is 9.80. The Morgan fingerprint density at radius 3 is 2.14 bits per heavy atom. The molecule has 0 aromatic heterocycles. The van der Waals surface area contributed by atoms with Crippen LogP contribution in [0.1, 0.15) is 59.3 Å². The van der Waals surface area contributed by atoms with E-state index in [9.17, 15) is 10.2 Å². The lowest BCUT2D eigenvalue weighted by Crippen LogP contribution is -2.39. The zero-order chi connectivity index (χ0) is 11.0. The van der Waals surface area contributed by atoms with Crippen LogP contribution in [-0.2, 0) is 0 Å². The molecule has 2 heteroatoms. The van der Waals surface area contributed by atoms with Gasteiger partial charge in [-0.3, -0.25) is 0 Å². The topological polar surface area (TPSA) is 40.5 Å². The van der Waals surface area contributed by atoms with E-state index in [0.29, 0.717) is 0 Å². The summed E-state index contributed by atoms with van der Waals surface area (Å²) >= 11 is 0. The van der Waals surface area contributed by atoms with Crippen LogP contribution in [0.25, 0.3) is 0 Å². The molecule has 0 heterocycles. The fraction of sp³-hybridized carbons (Fsp3) is 1.00. The Kier molecular flexibility index (Phi) is 7.20. The second-order valence-corrected chi connectivity index (χ2v) is 4.20. The van der Waals surface area contributed by atoms with Gasteiger partial charge in [-0.2, -0.15) is 0 Å². The van der Waals surface area contributed by atoms with Crippen molar-refractivity contribution in [2.24, 2.45) is 5.92 Å². The van der Waals surface area contributed by atoms with Gasteiger partial charge < -0.3 is 10.2 Å². The van der Waals surface area contributed by atoms with E-state index in [0.717, 1.165) is 25.7 Å². The van der Waals surface area contributed by atoms with E-state index >= 15 is 0 Å². The maximum Gasteiger partial charge on any atom is 0.0695 e. The van der Waals surface area contributed by atoms with Gasteiger partial charge in [-0.05, 0) is 19.3 Å². The van der Waals surface area contributed by atoms with E-state index in [2.05, 4.69) is 6.92 Å². The van der Waals surface area contributed by atoms with Gasteiger partial charge >= 0.3 is 0 Å². The SMILES string of the molecule is CCCCCC(O)(CC)C(CC)CO. The van der Waals surface area contributed by atoms with E-state index in [-0.39, 0.29) is 12.5 Å². The molecule has 0 bridgehead atoms. The molecule has 86 valence electrons. The molecular formula is C12H26O2. The first-order valence-electron chi connectivity index (χ1n) is 5.97. The van der Waals surface area contributed by atoms with Gasteiger partial charge in [0, 0.05) is 12.5 Å². The Bertz CT molecular complexity index is 132. The summed E-state index contributed by atoms with van der Waals surface area (Å²) in [5.41, 5.74) is -0.640. The van der Waals surface area contributed by atoms with Crippen molar-refractivity contribution in [3.05, 3.63) is 0 Å². The number of rotatable bonds is 8. The van der Waals surface area contributed by atoms with Gasteiger partial charge in [-0.15, -0.1) is 0 Å². The number of aliphatic hydroxyl groups is 2. The zero-order valence-electron chi connectivity index (χ0n) is 9.92. The molecular weight excluding hydrogens is 176 g/mol. The van der Waals surface area contributed by atoms with Gasteiger partial charge in [0.1, 0.15) is 0 Å². The molecule has 0 rings (SSSR count). The van der Waals surface area contributed by atoms with Crippen molar-refractivity contribution in [1.29, 1.82) is 0 Å². The van der Waals surface area contributed by atoms with Crippen LogP contribution in [0.2, 0.25) is 0 Å². The highest BCUT2D eigenvalue weighted by Gasteiger charge is 2.32. The first-order valence-corrected chi connectivity index (χ1v) is 5.97. The molecule has 0 aliphatic carbocycles. The molecule has 2 atom stereocenters. The molecule has 0 aliphatic heterocycles. The number of hydrogen-bond acceptors (Lipinski definition) is 2. The highest BCUT2D eigenvalue weighted by atomic mass is 16.3. The second kappa shape index (κ2) is 7.24. The van der Waals surface area contributed by atoms with Crippen molar-refractivity contribution in [1.82, 2.24) is 0 Å². The van der Waals surface area contributed by atoms with Crippen LogP contribution >= 0.6 is 0 Å². The fourth-order valence-corrected chi connectivity index (χ4v) is 2.03. The minimum absolute atomic E-state index is 0.0457. The summed E-state index contributed by atoms with van der Waals surface area (Å²) in [5.74, 6) is 0.0457. The molecule has 0 spiro atoms. The third-order valence-corrected chi connectivity index (χ3v) is 3.30. The average molecular weight is 202 g/mol. The number of aliphatic hydroxyl groups excluding tert-OH is 1. The Balaban J connectivity index is 4.14. The standard InChI is InChI=1S/C12H26O2/c1-4-7-8-9-12(14,6-3)11(5-2)10-13/h11,13-14H,4-10H2,1-3H3. The summed E-state index contributed by atoms with van der Waals surface area (Å²) in [7, 11) is 0. The molecule has 0 aliphatic rings. The Labute approximate surface area is 88.3 Å². The smallest absolute Gasteiger partial charge is 0.0695 e. The maximum atomic E-state index is 10.3. The van der Waals surface area contributed by atoms with Crippen molar-refractivity contribution < 1.29 is 10.2 Å². The van der Waals surface area contributed by atoms with E-state index in [4.69, 9.17) is 0 Å². The third-order valence-electron chi connectivity index (χ3n) is 3.30. The normalized spacial score (nSPS) is 17.8. The van der Waals surface area contributed by atoms with Crippen molar-refractivity contribution in [3.8, 4) is 0 Å². The van der Waals surface area contributed by atoms with Gasteiger partial charge in [-0.25, -0.2) is 0 Å². The van der Waals surface area contributed by atoms with Crippen LogP contribution in [0, 0.1) is 5.92 Å². The minimum atomic E-state index is -0.640. The van der Waals surface area contributed by atoms with Gasteiger partial charge in [0.25, 0.3) is 0 Å². The summed E-state index contributed by atoms with van der Waals surface area (Å²) in [5, 5.41) is 19.5. The van der Waals surface area contributed by atoms with Crippen LogP contribution in [-0.4, -0.2) is 22.4 Å². The van der Waals surface area contributed by atoms with Crippen LogP contribution in [0.15, 0.2) is 0 Å². The van der Waals surface area contributed by atoms with Gasteiger partial charge in [0.2, 0.25) is 0 Å².